The summed E-state index contributed by atoms with van der Waals surface area (Å²) in [4.78, 5) is 0. The van der Waals surface area contributed by atoms with Gasteiger partial charge in [0, 0.05) is 0 Å². The van der Waals surface area contributed by atoms with Crippen LogP contribution in [0.15, 0.2) is 96.6 Å². The molecule has 0 radical (unpaired) electrons. The average molecular weight is 727 g/mol. The van der Waals surface area contributed by atoms with Crippen LogP contribution in [0, 0.1) is 51.2 Å². The summed E-state index contributed by atoms with van der Waals surface area (Å²) in [7, 11) is 0. The van der Waals surface area contributed by atoms with Crippen LogP contribution in [0.5, 0.6) is 0 Å². The van der Waals surface area contributed by atoms with Gasteiger partial charge in [0.05, 0.1) is 0 Å². The maximum absolute atomic E-state index is 3.54. The molecule has 4 aromatic carbocycles. The van der Waals surface area contributed by atoms with E-state index in [1.54, 1.807) is 0 Å². The van der Waals surface area contributed by atoms with Gasteiger partial charge in [-0.3, -0.25) is 6.08 Å². The Hall–Kier alpha value is -2.31. The molecule has 4 aromatic rings. The molecule has 0 N–H and O–H groups in total. The normalized spacial score (nSPS) is 13.9. The van der Waals surface area contributed by atoms with Crippen LogP contribution < -0.4 is 24.8 Å². The minimum absolute atomic E-state index is 0. The molecule has 6 rings (SSSR count). The van der Waals surface area contributed by atoms with Crippen molar-refractivity contribution >= 4 is 3.21 Å². The fourth-order valence-electron chi connectivity index (χ4n) is 5.59. The van der Waals surface area contributed by atoms with Crippen LogP contribution in [-0.4, -0.2) is 3.21 Å². The van der Waals surface area contributed by atoms with Crippen molar-refractivity contribution in [3.8, 4) is 11.1 Å². The zero-order chi connectivity index (χ0) is 31.9. The Morgan fingerprint density at radius 1 is 0.783 bits per heavy atom. The van der Waals surface area contributed by atoms with Crippen LogP contribution >= 0.6 is 0 Å². The molecular weight excluding hydrogens is 679 g/mol. The van der Waals surface area contributed by atoms with E-state index in [4.69, 9.17) is 0 Å². The number of aryl methyl sites for hydroxylation is 4. The van der Waals surface area contributed by atoms with E-state index in [-0.39, 0.29) is 24.8 Å². The standard InChI is InChI=1S/C17H17.C13H10.C13H21.2ClH.Zr/c1-10-5-14-9-15-6-11(2)13(4)8-17(15)16(14)7-12(10)3;1-3-7-12(8-4-1)11-13-9-5-2-6-10-13;1-5-6-7-11-8-9-12(10-11)13(2,3)4;;;/h5,7-8H,9H2,1-4H3;1-10H;9-11H,5-7H2,1-4H3;2*1H;/q-1;;-1;;;+2/p-2. The molecule has 0 saturated heterocycles. The van der Waals surface area contributed by atoms with Crippen molar-refractivity contribution < 1.29 is 49.0 Å². The van der Waals surface area contributed by atoms with Crippen molar-refractivity contribution in [2.75, 3.05) is 0 Å². The maximum atomic E-state index is 3.54. The van der Waals surface area contributed by atoms with Crippen LogP contribution in [0.3, 0.4) is 0 Å². The topological polar surface area (TPSA) is 0 Å². The fraction of sp³-hybridized carbons (Fsp3) is 0.326. The van der Waals surface area contributed by atoms with Gasteiger partial charge in [-0.15, -0.1) is 11.1 Å². The van der Waals surface area contributed by atoms with Crippen molar-refractivity contribution in [1.29, 1.82) is 0 Å². The fourth-order valence-corrected chi connectivity index (χ4v) is 6.41. The molecule has 3 heteroatoms. The Morgan fingerprint density at radius 3 is 1.85 bits per heavy atom. The third kappa shape index (κ3) is 10.6. The molecule has 2 aliphatic carbocycles. The second-order valence-corrected chi connectivity index (χ2v) is 14.5. The van der Waals surface area contributed by atoms with E-state index in [1.165, 1.54) is 108 Å². The minimum atomic E-state index is 0. The van der Waals surface area contributed by atoms with Crippen molar-refractivity contribution in [2.45, 2.75) is 81.1 Å². The second-order valence-electron chi connectivity index (χ2n) is 13.3. The Bertz CT molecular complexity index is 1540. The third-order valence-electron chi connectivity index (χ3n) is 8.69. The Labute approximate surface area is 307 Å². The number of allylic oxidation sites excluding steroid dienone is 4. The predicted octanol–water partition coefficient (Wildman–Crippen LogP) is 5.24. The molecule has 0 amide bonds. The van der Waals surface area contributed by atoms with E-state index in [2.05, 4.69) is 159 Å². The van der Waals surface area contributed by atoms with Crippen LogP contribution in [0.2, 0.25) is 0 Å². The summed E-state index contributed by atoms with van der Waals surface area (Å²) in [6, 6.07) is 31.6. The van der Waals surface area contributed by atoms with Crippen LogP contribution in [0.4, 0.5) is 0 Å². The van der Waals surface area contributed by atoms with E-state index < -0.39 is 0 Å². The van der Waals surface area contributed by atoms with Gasteiger partial charge in [0.25, 0.3) is 0 Å². The number of hydrogen-bond donors (Lipinski definition) is 0. The van der Waals surface area contributed by atoms with Gasteiger partial charge in [-0.2, -0.15) is 34.9 Å². The summed E-state index contributed by atoms with van der Waals surface area (Å²) < 4.78 is 1.42. The summed E-state index contributed by atoms with van der Waals surface area (Å²) in [6.07, 6.45) is 12.9. The second kappa shape index (κ2) is 18.3. The molecule has 1 unspecified atom stereocenters. The quantitative estimate of drug-likeness (QED) is 0.218. The molecule has 0 aromatic heterocycles. The van der Waals surface area contributed by atoms with Crippen LogP contribution in [0.25, 0.3) is 11.1 Å². The first kappa shape index (κ1) is 39.9. The summed E-state index contributed by atoms with van der Waals surface area (Å²) in [5.74, 6) is 0.592. The summed E-state index contributed by atoms with van der Waals surface area (Å²) in [5.41, 5.74) is 15.5. The van der Waals surface area contributed by atoms with Gasteiger partial charge in [-0.1, -0.05) is 89.8 Å². The molecule has 0 nitrogen and oxygen atoms in total. The van der Waals surface area contributed by atoms with E-state index in [1.807, 2.05) is 0 Å². The zero-order valence-electron chi connectivity index (χ0n) is 28.8. The molecule has 0 spiro atoms. The number of rotatable bonds is 5. The van der Waals surface area contributed by atoms with Gasteiger partial charge in [0.15, 0.2) is 0 Å². The van der Waals surface area contributed by atoms with Crippen molar-refractivity contribution in [3.05, 3.63) is 153 Å². The first-order valence-electron chi connectivity index (χ1n) is 16.1. The van der Waals surface area contributed by atoms with Gasteiger partial charge in [0.2, 0.25) is 0 Å². The molecule has 2 aliphatic rings. The third-order valence-corrected chi connectivity index (χ3v) is 10.1. The SMILES string of the molecule is CCCCC1[C-]=CC(C(C)(C)C)=C1.Cc1[c-]c2c(cc1C)-c1cc(C)c(C)cc1C2.[Cl-].[Cl-].[Zr+2]=[C](c1ccccc1)c1ccccc1. The number of hydrogen-bond acceptors (Lipinski definition) is 0. The molecule has 1 atom stereocenters. The molecule has 0 saturated carbocycles. The number of benzene rings is 4. The van der Waals surface area contributed by atoms with Crippen LogP contribution in [0.1, 0.15) is 91.5 Å². The molecule has 240 valence electrons. The van der Waals surface area contributed by atoms with Gasteiger partial charge in [-0.05, 0) is 37.0 Å². The summed E-state index contributed by atoms with van der Waals surface area (Å²) >= 11 is 1.46. The Balaban J connectivity index is 0.000000238. The predicted molar refractivity (Wildman–Crippen MR) is 187 cm³/mol. The van der Waals surface area contributed by atoms with Gasteiger partial charge < -0.3 is 24.8 Å². The van der Waals surface area contributed by atoms with E-state index in [9.17, 15) is 0 Å². The van der Waals surface area contributed by atoms with Gasteiger partial charge in [0.1, 0.15) is 0 Å². The number of unbranched alkanes of at least 4 members (excludes halogenated alkanes) is 1. The Morgan fingerprint density at radius 2 is 1.33 bits per heavy atom. The van der Waals surface area contributed by atoms with Gasteiger partial charge in [-0.25, -0.2) is 6.08 Å². The summed E-state index contributed by atoms with van der Waals surface area (Å²) in [6.45, 7) is 17.7. The van der Waals surface area contributed by atoms with E-state index >= 15 is 0 Å². The molecule has 0 aliphatic heterocycles. The average Bonchev–Trinajstić information content (AvgIpc) is 3.63. The van der Waals surface area contributed by atoms with E-state index in [0.29, 0.717) is 11.3 Å². The zero-order valence-corrected chi connectivity index (χ0v) is 32.8. The molecular formula is C43H48Cl2Zr-2. The molecule has 0 fully saturated rings. The first-order chi connectivity index (χ1) is 21.0. The molecule has 0 heterocycles. The summed E-state index contributed by atoms with van der Waals surface area (Å²) in [5, 5.41) is 0. The number of halogens is 2. The molecule has 46 heavy (non-hydrogen) atoms. The van der Waals surface area contributed by atoms with Crippen molar-refractivity contribution in [1.82, 2.24) is 0 Å². The first-order valence-corrected chi connectivity index (χ1v) is 17.3. The van der Waals surface area contributed by atoms with E-state index in [0.717, 1.165) is 6.42 Å². The van der Waals surface area contributed by atoms with Crippen molar-refractivity contribution in [3.63, 3.8) is 0 Å². The number of fused-ring (bicyclic) bond motifs is 3. The van der Waals surface area contributed by atoms with Gasteiger partial charge >= 0.3 is 99.2 Å². The molecule has 0 bridgehead atoms. The van der Waals surface area contributed by atoms with Crippen LogP contribution in [-0.2, 0) is 30.7 Å². The monoisotopic (exact) mass is 724 g/mol. The van der Waals surface area contributed by atoms with Crippen molar-refractivity contribution in [2.24, 2.45) is 11.3 Å². The Kier molecular flexibility index (Phi) is 15.9.